The lowest BCUT2D eigenvalue weighted by Gasteiger charge is -2.09. The number of aryl methyl sites for hydroxylation is 1. The molecule has 1 aromatic heterocycles. The number of pyridine rings is 1. The second-order valence-electron chi connectivity index (χ2n) is 5.50. The molecule has 0 fully saturated rings. The van der Waals surface area contributed by atoms with Crippen LogP contribution in [0.1, 0.15) is 15.9 Å². The highest BCUT2D eigenvalue weighted by molar-refractivity contribution is 6.35. The number of anilines is 3. The largest absolute Gasteiger partial charge is 0.339 e. The molecule has 3 rings (SSSR count). The van der Waals surface area contributed by atoms with E-state index < -0.39 is 0 Å². The number of nitrogens with one attached hydrogen (secondary N) is 2. The molecule has 6 heteroatoms. The van der Waals surface area contributed by atoms with E-state index in [0.717, 1.165) is 5.56 Å². The van der Waals surface area contributed by atoms with Crippen molar-refractivity contribution < 1.29 is 4.79 Å². The van der Waals surface area contributed by atoms with Gasteiger partial charge in [0.2, 0.25) is 0 Å². The summed E-state index contributed by atoms with van der Waals surface area (Å²) in [4.78, 5) is 16.5. The van der Waals surface area contributed by atoms with E-state index in [9.17, 15) is 4.79 Å². The lowest BCUT2D eigenvalue weighted by molar-refractivity contribution is 0.102. The maximum Gasteiger partial charge on any atom is 0.255 e. The maximum atomic E-state index is 12.2. The molecule has 2 N–H and O–H groups in total. The van der Waals surface area contributed by atoms with E-state index >= 15 is 0 Å². The van der Waals surface area contributed by atoms with Gasteiger partial charge in [-0.2, -0.15) is 0 Å². The topological polar surface area (TPSA) is 54.0 Å². The zero-order chi connectivity index (χ0) is 17.8. The third-order valence-corrected chi connectivity index (χ3v) is 4.06. The molecule has 0 radical (unpaired) electrons. The van der Waals surface area contributed by atoms with Crippen molar-refractivity contribution in [3.05, 3.63) is 82.0 Å². The van der Waals surface area contributed by atoms with Crippen LogP contribution in [0.2, 0.25) is 10.0 Å². The fourth-order valence-electron chi connectivity index (χ4n) is 2.26. The number of amides is 1. The van der Waals surface area contributed by atoms with E-state index in [1.165, 1.54) is 0 Å². The van der Waals surface area contributed by atoms with Crippen LogP contribution in [0.3, 0.4) is 0 Å². The van der Waals surface area contributed by atoms with E-state index in [1.807, 2.05) is 25.1 Å². The van der Waals surface area contributed by atoms with Crippen molar-refractivity contribution in [2.24, 2.45) is 0 Å². The number of benzene rings is 2. The maximum absolute atomic E-state index is 12.2. The van der Waals surface area contributed by atoms with Crippen LogP contribution in [-0.2, 0) is 0 Å². The van der Waals surface area contributed by atoms with Crippen LogP contribution in [0, 0.1) is 6.92 Å². The number of hydrogen-bond donors (Lipinski definition) is 2. The third-order valence-electron chi connectivity index (χ3n) is 3.49. The van der Waals surface area contributed by atoms with Crippen LogP contribution < -0.4 is 10.6 Å². The highest BCUT2D eigenvalue weighted by atomic mass is 35.5. The Bertz CT molecular complexity index is 911. The van der Waals surface area contributed by atoms with E-state index in [1.54, 1.807) is 42.6 Å². The van der Waals surface area contributed by atoms with Gasteiger partial charge in [-0.1, -0.05) is 40.9 Å². The van der Waals surface area contributed by atoms with Crippen LogP contribution >= 0.6 is 23.2 Å². The van der Waals surface area contributed by atoms with E-state index in [-0.39, 0.29) is 5.91 Å². The van der Waals surface area contributed by atoms with Crippen LogP contribution in [-0.4, -0.2) is 10.9 Å². The van der Waals surface area contributed by atoms with Gasteiger partial charge in [-0.3, -0.25) is 4.79 Å². The molecule has 0 atom stereocenters. The number of halogens is 2. The standard InChI is InChI=1S/C19H15Cl2N3O/c1-12-3-2-4-13(9-12)19(25)23-15-6-8-18(22-11-15)24-17-10-14(20)5-7-16(17)21/h2-11H,1H3,(H,22,24)(H,23,25). The zero-order valence-electron chi connectivity index (χ0n) is 13.4. The molecule has 1 heterocycles. The average molecular weight is 372 g/mol. The summed E-state index contributed by atoms with van der Waals surface area (Å²) in [7, 11) is 0. The summed E-state index contributed by atoms with van der Waals surface area (Å²) in [5.41, 5.74) is 2.91. The summed E-state index contributed by atoms with van der Waals surface area (Å²) in [6.45, 7) is 1.94. The molecule has 126 valence electrons. The molecule has 3 aromatic rings. The van der Waals surface area contributed by atoms with Crippen molar-refractivity contribution in [3.8, 4) is 0 Å². The Balaban J connectivity index is 1.70. The highest BCUT2D eigenvalue weighted by Gasteiger charge is 2.07. The molecule has 0 aliphatic carbocycles. The predicted octanol–water partition coefficient (Wildman–Crippen LogP) is 5.69. The molecular formula is C19H15Cl2N3O. The van der Waals surface area contributed by atoms with Crippen LogP contribution in [0.5, 0.6) is 0 Å². The third kappa shape index (κ3) is 4.50. The summed E-state index contributed by atoms with van der Waals surface area (Å²) in [5.74, 6) is 0.418. The lowest BCUT2D eigenvalue weighted by atomic mass is 10.1. The Kier molecular flexibility index (Phi) is 5.22. The second kappa shape index (κ2) is 7.55. The number of carbonyl (C=O) groups is 1. The normalized spacial score (nSPS) is 10.4. The molecule has 0 saturated heterocycles. The van der Waals surface area contributed by atoms with Gasteiger partial charge >= 0.3 is 0 Å². The summed E-state index contributed by atoms with van der Waals surface area (Å²) in [5, 5.41) is 7.04. The van der Waals surface area contributed by atoms with Crippen LogP contribution in [0.15, 0.2) is 60.8 Å². The van der Waals surface area contributed by atoms with Crippen molar-refractivity contribution in [2.75, 3.05) is 10.6 Å². The zero-order valence-corrected chi connectivity index (χ0v) is 14.9. The van der Waals surface area contributed by atoms with Gasteiger partial charge in [0.1, 0.15) is 5.82 Å². The van der Waals surface area contributed by atoms with E-state index in [4.69, 9.17) is 23.2 Å². The molecule has 0 aliphatic heterocycles. The minimum absolute atomic E-state index is 0.177. The summed E-state index contributed by atoms with van der Waals surface area (Å²) in [6.07, 6.45) is 1.58. The summed E-state index contributed by atoms with van der Waals surface area (Å²) < 4.78 is 0. The van der Waals surface area contributed by atoms with Gasteiger partial charge in [0, 0.05) is 10.6 Å². The van der Waals surface area contributed by atoms with Gasteiger partial charge in [0.25, 0.3) is 5.91 Å². The Labute approximate surface area is 155 Å². The average Bonchev–Trinajstić information content (AvgIpc) is 2.60. The van der Waals surface area contributed by atoms with E-state index in [2.05, 4.69) is 15.6 Å². The molecule has 4 nitrogen and oxygen atoms in total. The molecule has 0 spiro atoms. The Morgan fingerprint density at radius 3 is 2.60 bits per heavy atom. The summed E-state index contributed by atoms with van der Waals surface area (Å²) >= 11 is 12.1. The number of nitrogens with zero attached hydrogens (tertiary/aromatic N) is 1. The predicted molar refractivity (Wildman–Crippen MR) is 103 cm³/mol. The molecule has 0 unspecified atom stereocenters. The quantitative estimate of drug-likeness (QED) is 0.618. The molecule has 25 heavy (non-hydrogen) atoms. The first-order valence-corrected chi connectivity index (χ1v) is 8.33. The SMILES string of the molecule is Cc1cccc(C(=O)Nc2ccc(Nc3cc(Cl)ccc3Cl)nc2)c1. The lowest BCUT2D eigenvalue weighted by Crippen LogP contribution is -2.12. The molecule has 0 saturated carbocycles. The van der Waals surface area contributed by atoms with Crippen molar-refractivity contribution in [3.63, 3.8) is 0 Å². The Morgan fingerprint density at radius 1 is 1.04 bits per heavy atom. The Hall–Kier alpha value is -2.56. The minimum Gasteiger partial charge on any atom is -0.339 e. The fraction of sp³-hybridized carbons (Fsp3) is 0.0526. The van der Waals surface area contributed by atoms with Crippen molar-refractivity contribution in [2.45, 2.75) is 6.92 Å². The monoisotopic (exact) mass is 371 g/mol. The number of hydrogen-bond acceptors (Lipinski definition) is 3. The first-order chi connectivity index (χ1) is 12.0. The van der Waals surface area contributed by atoms with Crippen molar-refractivity contribution in [1.29, 1.82) is 0 Å². The van der Waals surface area contributed by atoms with Gasteiger partial charge in [0.15, 0.2) is 0 Å². The van der Waals surface area contributed by atoms with Gasteiger partial charge in [-0.15, -0.1) is 0 Å². The highest BCUT2D eigenvalue weighted by Crippen LogP contribution is 2.28. The van der Waals surface area contributed by atoms with E-state index in [0.29, 0.717) is 32.8 Å². The smallest absolute Gasteiger partial charge is 0.255 e. The molecular weight excluding hydrogens is 357 g/mol. The van der Waals surface area contributed by atoms with Crippen molar-refractivity contribution in [1.82, 2.24) is 4.98 Å². The van der Waals surface area contributed by atoms with Gasteiger partial charge in [-0.25, -0.2) is 4.98 Å². The minimum atomic E-state index is -0.177. The molecule has 1 amide bonds. The molecule has 0 aliphatic rings. The number of aromatic nitrogens is 1. The Morgan fingerprint density at radius 2 is 1.88 bits per heavy atom. The van der Waals surface area contributed by atoms with Gasteiger partial charge in [0.05, 0.1) is 22.6 Å². The first-order valence-electron chi connectivity index (χ1n) is 7.57. The van der Waals surface area contributed by atoms with Crippen LogP contribution in [0.25, 0.3) is 0 Å². The molecule has 0 bridgehead atoms. The second-order valence-corrected chi connectivity index (χ2v) is 6.35. The first kappa shape index (κ1) is 17.3. The summed E-state index contributed by atoms with van der Waals surface area (Å²) in [6, 6.07) is 16.1. The molecule has 2 aromatic carbocycles. The fourth-order valence-corrected chi connectivity index (χ4v) is 2.60. The van der Waals surface area contributed by atoms with Gasteiger partial charge in [-0.05, 0) is 49.4 Å². The van der Waals surface area contributed by atoms with Crippen molar-refractivity contribution >= 4 is 46.3 Å². The van der Waals surface area contributed by atoms with Crippen LogP contribution in [0.4, 0.5) is 17.2 Å². The van der Waals surface area contributed by atoms with Gasteiger partial charge < -0.3 is 10.6 Å². The number of rotatable bonds is 4. The number of carbonyl (C=O) groups excluding carboxylic acids is 1.